The largest absolute Gasteiger partial charge is 0.356 e. The fourth-order valence-corrected chi connectivity index (χ4v) is 4.36. The third-order valence-electron chi connectivity index (χ3n) is 4.08. The molecule has 0 unspecified atom stereocenters. The molecule has 2 rings (SSSR count). The lowest BCUT2D eigenvalue weighted by Gasteiger charge is -2.22. The van der Waals surface area contributed by atoms with E-state index in [1.807, 2.05) is 66.5 Å². The van der Waals surface area contributed by atoms with Gasteiger partial charge < -0.3 is 10.2 Å². The van der Waals surface area contributed by atoms with Gasteiger partial charge in [0, 0.05) is 32.2 Å². The molecule has 5 nitrogen and oxygen atoms in total. The lowest BCUT2D eigenvalue weighted by molar-refractivity contribution is 0.476. The Balaban J connectivity index is 0.00000392. The Morgan fingerprint density at radius 1 is 1.11 bits per heavy atom. The highest BCUT2D eigenvalue weighted by Crippen LogP contribution is 2.16. The van der Waals surface area contributed by atoms with E-state index in [0.717, 1.165) is 11.1 Å². The van der Waals surface area contributed by atoms with Crippen LogP contribution in [0.1, 0.15) is 17.5 Å². The summed E-state index contributed by atoms with van der Waals surface area (Å²) in [6.07, 6.45) is 0.522. The van der Waals surface area contributed by atoms with E-state index in [1.54, 1.807) is 7.05 Å². The third-order valence-corrected chi connectivity index (χ3v) is 6.14. The van der Waals surface area contributed by atoms with Crippen LogP contribution in [0.2, 0.25) is 5.02 Å². The number of aliphatic imine (C=N–C) groups is 1. The average molecular weight is 536 g/mol. The fourth-order valence-electron chi connectivity index (χ4n) is 2.73. The van der Waals surface area contributed by atoms with Gasteiger partial charge >= 0.3 is 0 Å². The number of nitrogens with one attached hydrogen (secondary N) is 1. The second kappa shape index (κ2) is 12.3. The Labute approximate surface area is 190 Å². The predicted octanol–water partition coefficient (Wildman–Crippen LogP) is 3.97. The number of sulfone groups is 1. The monoisotopic (exact) mass is 535 g/mol. The van der Waals surface area contributed by atoms with Gasteiger partial charge in [-0.25, -0.2) is 8.42 Å². The Bertz CT molecular complexity index is 861. The molecule has 0 saturated carbocycles. The third kappa shape index (κ3) is 8.36. The molecule has 0 fully saturated rings. The minimum atomic E-state index is -3.12. The summed E-state index contributed by atoms with van der Waals surface area (Å²) in [5.74, 6) is 0.921. The van der Waals surface area contributed by atoms with E-state index in [-0.39, 0.29) is 35.5 Å². The molecule has 0 radical (unpaired) electrons. The summed E-state index contributed by atoms with van der Waals surface area (Å²) >= 11 is 6.21. The van der Waals surface area contributed by atoms with E-state index in [1.165, 1.54) is 0 Å². The van der Waals surface area contributed by atoms with E-state index >= 15 is 0 Å². The van der Waals surface area contributed by atoms with Crippen molar-refractivity contribution in [3.05, 3.63) is 70.7 Å². The first-order chi connectivity index (χ1) is 12.9. The molecule has 0 amide bonds. The van der Waals surface area contributed by atoms with Crippen LogP contribution in [0.3, 0.4) is 0 Å². The first-order valence-corrected chi connectivity index (χ1v) is 11.0. The first kappa shape index (κ1) is 24.7. The van der Waals surface area contributed by atoms with Gasteiger partial charge in [0.2, 0.25) is 0 Å². The number of guanidine groups is 1. The fraction of sp³-hybridized carbons (Fsp3) is 0.350. The van der Waals surface area contributed by atoms with Gasteiger partial charge in [-0.3, -0.25) is 4.99 Å². The highest BCUT2D eigenvalue weighted by molar-refractivity contribution is 14.0. The van der Waals surface area contributed by atoms with Crippen molar-refractivity contribution in [1.29, 1.82) is 0 Å². The molecular formula is C20H27ClIN3O2S. The molecule has 0 aliphatic heterocycles. The minimum absolute atomic E-state index is 0. The van der Waals surface area contributed by atoms with Crippen LogP contribution in [0.25, 0.3) is 0 Å². The number of hydrogen-bond donors (Lipinski definition) is 1. The second-order valence-corrected chi connectivity index (χ2v) is 8.94. The van der Waals surface area contributed by atoms with E-state index < -0.39 is 9.84 Å². The first-order valence-electron chi connectivity index (χ1n) is 8.81. The van der Waals surface area contributed by atoms with Crippen LogP contribution < -0.4 is 5.32 Å². The molecule has 8 heteroatoms. The van der Waals surface area contributed by atoms with Crippen LogP contribution in [0.5, 0.6) is 0 Å². The van der Waals surface area contributed by atoms with Crippen molar-refractivity contribution in [2.45, 2.75) is 18.7 Å². The maximum absolute atomic E-state index is 12.2. The second-order valence-electron chi connectivity index (χ2n) is 6.35. The van der Waals surface area contributed by atoms with Gasteiger partial charge in [0.15, 0.2) is 15.8 Å². The van der Waals surface area contributed by atoms with E-state index in [9.17, 15) is 8.42 Å². The van der Waals surface area contributed by atoms with Crippen LogP contribution in [-0.4, -0.2) is 45.7 Å². The van der Waals surface area contributed by atoms with Crippen LogP contribution >= 0.6 is 35.6 Å². The van der Waals surface area contributed by atoms with Crippen molar-refractivity contribution in [1.82, 2.24) is 10.2 Å². The average Bonchev–Trinajstić information content (AvgIpc) is 2.64. The quantitative estimate of drug-likeness (QED) is 0.241. The smallest absolute Gasteiger partial charge is 0.193 e. The maximum Gasteiger partial charge on any atom is 0.193 e. The van der Waals surface area contributed by atoms with Crippen molar-refractivity contribution < 1.29 is 8.42 Å². The molecule has 0 atom stereocenters. The molecule has 1 N–H and O–H groups in total. The standard InChI is InChI=1S/C20H26ClN3O2S.HI/c1-22-20(24(2)15-18-11-6-7-12-19(18)21)23-13-8-14-27(25,26)16-17-9-4-3-5-10-17;/h3-7,9-12H,8,13-16H2,1-2H3,(H,22,23);1H. The van der Waals surface area contributed by atoms with Gasteiger partial charge in [-0.2, -0.15) is 0 Å². The summed E-state index contributed by atoms with van der Waals surface area (Å²) in [7, 11) is 0.503. The van der Waals surface area contributed by atoms with Gasteiger partial charge in [0.05, 0.1) is 11.5 Å². The van der Waals surface area contributed by atoms with Crippen molar-refractivity contribution in [3.63, 3.8) is 0 Å². The zero-order valence-electron chi connectivity index (χ0n) is 16.1. The maximum atomic E-state index is 12.2. The lowest BCUT2D eigenvalue weighted by atomic mass is 10.2. The van der Waals surface area contributed by atoms with Crippen LogP contribution in [-0.2, 0) is 22.1 Å². The number of nitrogens with zero attached hydrogens (tertiary/aromatic N) is 2. The summed E-state index contributed by atoms with van der Waals surface area (Å²) in [5.41, 5.74) is 1.83. The van der Waals surface area contributed by atoms with E-state index in [2.05, 4.69) is 10.3 Å². The van der Waals surface area contributed by atoms with Crippen LogP contribution in [0.15, 0.2) is 59.6 Å². The van der Waals surface area contributed by atoms with Gasteiger partial charge in [0.25, 0.3) is 0 Å². The normalized spacial score (nSPS) is 11.6. The highest BCUT2D eigenvalue weighted by atomic mass is 127. The van der Waals surface area contributed by atoms with Crippen molar-refractivity contribution in [3.8, 4) is 0 Å². The van der Waals surface area contributed by atoms with E-state index in [0.29, 0.717) is 30.5 Å². The number of rotatable bonds is 8. The molecular weight excluding hydrogens is 509 g/mol. The van der Waals surface area contributed by atoms with E-state index in [4.69, 9.17) is 11.6 Å². The topological polar surface area (TPSA) is 61.8 Å². The summed E-state index contributed by atoms with van der Waals surface area (Å²) in [4.78, 5) is 6.21. The van der Waals surface area contributed by atoms with Gasteiger partial charge in [-0.1, -0.05) is 60.1 Å². The zero-order chi connectivity index (χ0) is 19.7. The molecule has 0 bridgehead atoms. The lowest BCUT2D eigenvalue weighted by Crippen LogP contribution is -2.39. The summed E-state index contributed by atoms with van der Waals surface area (Å²) in [6.45, 7) is 1.15. The number of benzene rings is 2. The summed E-state index contributed by atoms with van der Waals surface area (Å²) < 4.78 is 24.5. The van der Waals surface area contributed by atoms with Gasteiger partial charge in [0.1, 0.15) is 0 Å². The molecule has 0 heterocycles. The Morgan fingerprint density at radius 2 is 1.75 bits per heavy atom. The Hall–Kier alpha value is -1.32. The van der Waals surface area contributed by atoms with Crippen molar-refractivity contribution >= 4 is 51.4 Å². The summed E-state index contributed by atoms with van der Waals surface area (Å²) in [6, 6.07) is 16.9. The Kier molecular flexibility index (Phi) is 10.8. The molecule has 2 aromatic carbocycles. The molecule has 0 aliphatic rings. The SMILES string of the molecule is CN=C(NCCCS(=O)(=O)Cc1ccccc1)N(C)Cc1ccccc1Cl.I. The Morgan fingerprint density at radius 3 is 2.39 bits per heavy atom. The van der Waals surface area contributed by atoms with Gasteiger partial charge in [-0.05, 0) is 23.6 Å². The van der Waals surface area contributed by atoms with Crippen molar-refractivity contribution in [2.75, 3.05) is 26.4 Å². The molecule has 0 aliphatic carbocycles. The predicted molar refractivity (Wildman–Crippen MR) is 128 cm³/mol. The highest BCUT2D eigenvalue weighted by Gasteiger charge is 2.13. The minimum Gasteiger partial charge on any atom is -0.356 e. The molecule has 154 valence electrons. The zero-order valence-corrected chi connectivity index (χ0v) is 20.0. The number of halogens is 2. The van der Waals surface area contributed by atoms with Crippen molar-refractivity contribution in [2.24, 2.45) is 4.99 Å². The van der Waals surface area contributed by atoms with Crippen LogP contribution in [0, 0.1) is 0 Å². The molecule has 0 spiro atoms. The summed E-state index contributed by atoms with van der Waals surface area (Å²) in [5, 5.41) is 3.93. The molecule has 0 aromatic heterocycles. The van der Waals surface area contributed by atoms with Gasteiger partial charge in [-0.15, -0.1) is 24.0 Å². The molecule has 28 heavy (non-hydrogen) atoms. The molecule has 0 saturated heterocycles. The molecule has 2 aromatic rings. The number of hydrogen-bond acceptors (Lipinski definition) is 3. The van der Waals surface area contributed by atoms with Crippen LogP contribution in [0.4, 0.5) is 0 Å².